The molecule has 2 nitrogen and oxygen atoms in total. The second kappa shape index (κ2) is 9.43. The van der Waals surface area contributed by atoms with Gasteiger partial charge in [-0.2, -0.15) is 0 Å². The summed E-state index contributed by atoms with van der Waals surface area (Å²) in [5.41, 5.74) is 5.53. The van der Waals surface area contributed by atoms with Crippen LogP contribution in [0.15, 0.2) is 54.6 Å². The van der Waals surface area contributed by atoms with Gasteiger partial charge in [-0.05, 0) is 36.2 Å². The molecule has 132 valence electrons. The van der Waals surface area contributed by atoms with Crippen molar-refractivity contribution in [2.75, 3.05) is 13.2 Å². The van der Waals surface area contributed by atoms with E-state index in [4.69, 9.17) is 10.5 Å². The zero-order valence-corrected chi connectivity index (χ0v) is 15.0. The molecule has 0 heterocycles. The average molecular weight is 335 g/mol. The third-order valence-electron chi connectivity index (χ3n) is 4.82. The summed E-state index contributed by atoms with van der Waals surface area (Å²) in [5, 5.41) is 4.91. The lowest BCUT2D eigenvalue weighted by Crippen LogP contribution is -1.99. The molecule has 0 aliphatic rings. The quantitative estimate of drug-likeness (QED) is 0.361. The van der Waals surface area contributed by atoms with E-state index in [2.05, 4.69) is 54.6 Å². The number of ether oxygens (including phenoxy) is 1. The van der Waals surface area contributed by atoms with Crippen molar-refractivity contribution in [2.24, 2.45) is 5.73 Å². The molecule has 0 amide bonds. The largest absolute Gasteiger partial charge is 0.492 e. The van der Waals surface area contributed by atoms with Crippen LogP contribution in [0.4, 0.5) is 0 Å². The minimum atomic E-state index is 0.792. The lowest BCUT2D eigenvalue weighted by Gasteiger charge is -2.13. The maximum atomic E-state index is 6.26. The molecule has 0 aromatic heterocycles. The first-order valence-electron chi connectivity index (χ1n) is 9.63. The Labute approximate surface area is 151 Å². The van der Waals surface area contributed by atoms with Crippen LogP contribution in [0.5, 0.6) is 5.75 Å². The van der Waals surface area contributed by atoms with Gasteiger partial charge >= 0.3 is 0 Å². The molecule has 0 saturated heterocycles. The van der Waals surface area contributed by atoms with Gasteiger partial charge in [0.1, 0.15) is 5.75 Å². The number of benzene rings is 3. The van der Waals surface area contributed by atoms with E-state index in [1.165, 1.54) is 53.6 Å². The third-order valence-corrected chi connectivity index (χ3v) is 4.82. The summed E-state index contributed by atoms with van der Waals surface area (Å²) in [6, 6.07) is 19.3. The van der Waals surface area contributed by atoms with Crippen molar-refractivity contribution in [2.45, 2.75) is 44.9 Å². The van der Waals surface area contributed by atoms with Crippen LogP contribution in [0.3, 0.4) is 0 Å². The molecule has 0 unspecified atom stereocenters. The second-order valence-electron chi connectivity index (χ2n) is 6.76. The fourth-order valence-corrected chi connectivity index (χ4v) is 3.43. The van der Waals surface area contributed by atoms with Crippen LogP contribution in [0.25, 0.3) is 21.5 Å². The summed E-state index contributed by atoms with van der Waals surface area (Å²) in [4.78, 5) is 0. The molecule has 25 heavy (non-hydrogen) atoms. The number of unbranched alkanes of at least 4 members (excludes halogenated alkanes) is 6. The van der Waals surface area contributed by atoms with Gasteiger partial charge in [0.25, 0.3) is 0 Å². The summed E-state index contributed by atoms with van der Waals surface area (Å²) < 4.78 is 6.26. The van der Waals surface area contributed by atoms with Crippen LogP contribution < -0.4 is 10.5 Å². The van der Waals surface area contributed by atoms with Crippen LogP contribution in [0.1, 0.15) is 44.9 Å². The second-order valence-corrected chi connectivity index (χ2v) is 6.76. The Morgan fingerprint density at radius 2 is 1.16 bits per heavy atom. The van der Waals surface area contributed by atoms with Gasteiger partial charge in [-0.3, -0.25) is 0 Å². The van der Waals surface area contributed by atoms with Gasteiger partial charge < -0.3 is 10.5 Å². The van der Waals surface area contributed by atoms with E-state index >= 15 is 0 Å². The highest BCUT2D eigenvalue weighted by atomic mass is 16.5. The van der Waals surface area contributed by atoms with Crippen molar-refractivity contribution < 1.29 is 4.74 Å². The average Bonchev–Trinajstić information content (AvgIpc) is 2.66. The molecule has 0 aliphatic heterocycles. The van der Waals surface area contributed by atoms with Crippen molar-refractivity contribution in [3.05, 3.63) is 54.6 Å². The molecular formula is C23H29NO. The summed E-state index contributed by atoms with van der Waals surface area (Å²) >= 11 is 0. The van der Waals surface area contributed by atoms with Crippen LogP contribution in [-0.2, 0) is 0 Å². The summed E-state index contributed by atoms with van der Waals surface area (Å²) in [6.07, 6.45) is 8.72. The monoisotopic (exact) mass is 335 g/mol. The van der Waals surface area contributed by atoms with E-state index < -0.39 is 0 Å². The summed E-state index contributed by atoms with van der Waals surface area (Å²) in [7, 11) is 0. The highest BCUT2D eigenvalue weighted by Crippen LogP contribution is 2.34. The van der Waals surface area contributed by atoms with Crippen LogP contribution in [-0.4, -0.2) is 13.2 Å². The highest BCUT2D eigenvalue weighted by molar-refractivity contribution is 6.05. The topological polar surface area (TPSA) is 35.2 Å². The lowest BCUT2D eigenvalue weighted by molar-refractivity contribution is 0.311. The van der Waals surface area contributed by atoms with Gasteiger partial charge in [0.2, 0.25) is 0 Å². The molecule has 0 saturated carbocycles. The summed E-state index contributed by atoms with van der Waals surface area (Å²) in [5.74, 6) is 1.04. The number of hydrogen-bond donors (Lipinski definition) is 1. The third kappa shape index (κ3) is 4.73. The standard InChI is InChI=1S/C23H29NO/c24-16-10-4-2-1-3-5-11-17-25-23-21-14-8-6-12-19(21)18-20-13-7-9-15-22(20)23/h6-9,12-15,18H,1-5,10-11,16-17,24H2. The van der Waals surface area contributed by atoms with Gasteiger partial charge in [-0.25, -0.2) is 0 Å². The maximum Gasteiger partial charge on any atom is 0.134 e. The van der Waals surface area contributed by atoms with Crippen molar-refractivity contribution in [3.63, 3.8) is 0 Å². The lowest BCUT2D eigenvalue weighted by atomic mass is 10.0. The zero-order valence-electron chi connectivity index (χ0n) is 15.0. The predicted molar refractivity (Wildman–Crippen MR) is 108 cm³/mol. The highest BCUT2D eigenvalue weighted by Gasteiger charge is 2.08. The molecule has 2 heteroatoms. The van der Waals surface area contributed by atoms with Crippen LogP contribution in [0.2, 0.25) is 0 Å². The van der Waals surface area contributed by atoms with E-state index in [1.807, 2.05) is 0 Å². The Morgan fingerprint density at radius 1 is 0.640 bits per heavy atom. The van der Waals surface area contributed by atoms with Crippen molar-refractivity contribution in [1.82, 2.24) is 0 Å². The molecule has 0 aliphatic carbocycles. The molecule has 3 rings (SSSR count). The van der Waals surface area contributed by atoms with E-state index in [-0.39, 0.29) is 0 Å². The molecular weight excluding hydrogens is 306 g/mol. The number of hydrogen-bond acceptors (Lipinski definition) is 2. The first-order valence-corrected chi connectivity index (χ1v) is 9.63. The van der Waals surface area contributed by atoms with Crippen LogP contribution >= 0.6 is 0 Å². The fraction of sp³-hybridized carbons (Fsp3) is 0.391. The molecule has 3 aromatic rings. The number of fused-ring (bicyclic) bond motifs is 2. The van der Waals surface area contributed by atoms with Gasteiger partial charge in [-0.15, -0.1) is 0 Å². The minimum Gasteiger partial charge on any atom is -0.492 e. The smallest absolute Gasteiger partial charge is 0.134 e. The SMILES string of the molecule is NCCCCCCCCCOc1c2ccccc2cc2ccccc12. The molecule has 0 spiro atoms. The molecule has 0 radical (unpaired) electrons. The zero-order chi connectivity index (χ0) is 17.3. The molecule has 0 fully saturated rings. The van der Waals surface area contributed by atoms with Gasteiger partial charge in [0.05, 0.1) is 6.61 Å². The predicted octanol–water partition coefficient (Wildman–Crippen LogP) is 6.06. The van der Waals surface area contributed by atoms with Gasteiger partial charge in [0.15, 0.2) is 0 Å². The molecule has 0 atom stereocenters. The normalized spacial score (nSPS) is 11.2. The van der Waals surface area contributed by atoms with E-state index in [0.29, 0.717) is 0 Å². The van der Waals surface area contributed by atoms with Gasteiger partial charge in [-0.1, -0.05) is 80.6 Å². The number of nitrogens with two attached hydrogens (primary N) is 1. The first-order chi connectivity index (χ1) is 12.4. The van der Waals surface area contributed by atoms with E-state index in [1.54, 1.807) is 0 Å². The maximum absolute atomic E-state index is 6.26. The van der Waals surface area contributed by atoms with Gasteiger partial charge in [0, 0.05) is 10.8 Å². The Balaban J connectivity index is 1.59. The number of rotatable bonds is 10. The van der Waals surface area contributed by atoms with Crippen molar-refractivity contribution in [1.29, 1.82) is 0 Å². The first kappa shape index (κ1) is 17.8. The van der Waals surface area contributed by atoms with E-state index in [9.17, 15) is 0 Å². The fourth-order valence-electron chi connectivity index (χ4n) is 3.43. The molecule has 2 N–H and O–H groups in total. The van der Waals surface area contributed by atoms with Crippen LogP contribution in [0, 0.1) is 0 Å². The summed E-state index contributed by atoms with van der Waals surface area (Å²) in [6.45, 7) is 1.62. The Bertz CT molecular complexity index is 742. The molecule has 3 aromatic carbocycles. The van der Waals surface area contributed by atoms with E-state index in [0.717, 1.165) is 31.7 Å². The Hall–Kier alpha value is -2.06. The minimum absolute atomic E-state index is 0.792. The Morgan fingerprint density at radius 3 is 1.76 bits per heavy atom. The van der Waals surface area contributed by atoms with Crippen molar-refractivity contribution in [3.8, 4) is 5.75 Å². The Kier molecular flexibility index (Phi) is 6.70. The molecule has 0 bridgehead atoms. The van der Waals surface area contributed by atoms with Crippen molar-refractivity contribution >= 4 is 21.5 Å².